The lowest BCUT2D eigenvalue weighted by Gasteiger charge is -2.46. The molecule has 0 radical (unpaired) electrons. The maximum absolute atomic E-state index is 3.92. The Morgan fingerprint density at radius 1 is 0.882 bits per heavy atom. The molecule has 0 N–H and O–H groups in total. The summed E-state index contributed by atoms with van der Waals surface area (Å²) in [5.41, 5.74) is 1.74. The third-order valence-electron chi connectivity index (χ3n) is 2.75. The van der Waals surface area contributed by atoms with E-state index in [1.807, 2.05) is 0 Å². The molecule has 0 saturated carbocycles. The zero-order valence-corrected chi connectivity index (χ0v) is 15.4. The van der Waals surface area contributed by atoms with E-state index in [0.29, 0.717) is 5.67 Å². The van der Waals surface area contributed by atoms with E-state index in [1.54, 1.807) is 0 Å². The van der Waals surface area contributed by atoms with Crippen LogP contribution in [0.4, 0.5) is 0 Å². The van der Waals surface area contributed by atoms with Crippen LogP contribution in [0.3, 0.4) is 0 Å². The first-order chi connectivity index (χ1) is 7.64. The van der Waals surface area contributed by atoms with Gasteiger partial charge in [-0.1, -0.05) is 75.1 Å². The van der Waals surface area contributed by atoms with Gasteiger partial charge in [0.15, 0.2) is 0 Å². The molecule has 0 aliphatic heterocycles. The van der Waals surface area contributed by atoms with Crippen molar-refractivity contribution in [2.24, 2.45) is 0 Å². The Labute approximate surface area is 117 Å². The van der Waals surface area contributed by atoms with Crippen molar-refractivity contribution in [2.45, 2.75) is 39.3 Å². The number of hydrogen-bond acceptors (Lipinski definition) is 1. The third kappa shape index (κ3) is 4.09. The van der Waals surface area contributed by atoms with Gasteiger partial charge in [0.25, 0.3) is 0 Å². The molecule has 0 spiro atoms. The fraction of sp³-hybridized carbons (Fsp3) is 0.500. The lowest BCUT2D eigenvalue weighted by atomic mass is 9.84. The Morgan fingerprint density at radius 2 is 1.29 bits per heavy atom. The second-order valence-corrected chi connectivity index (χ2v) is 17.4. The van der Waals surface area contributed by atoms with Crippen molar-refractivity contribution in [3.63, 3.8) is 0 Å². The van der Waals surface area contributed by atoms with Gasteiger partial charge in [0, 0.05) is 0 Å². The molecular formula is C12H23BBrNSi2. The second-order valence-electron chi connectivity index (χ2n) is 6.46. The quantitative estimate of drug-likeness (QED) is 0.761. The van der Waals surface area contributed by atoms with Crippen molar-refractivity contribution in [3.05, 3.63) is 30.3 Å². The number of rotatable bonds is 4. The minimum Gasteiger partial charge on any atom is -0.374 e. The summed E-state index contributed by atoms with van der Waals surface area (Å²) in [5, 5.41) is 0. The third-order valence-corrected chi connectivity index (χ3v) is 11.9. The van der Waals surface area contributed by atoms with Crippen molar-refractivity contribution in [2.75, 3.05) is 0 Å². The Bertz CT molecular complexity index is 345. The van der Waals surface area contributed by atoms with Crippen molar-refractivity contribution < 1.29 is 0 Å². The minimum absolute atomic E-state index is 0.363. The van der Waals surface area contributed by atoms with Gasteiger partial charge in [-0.15, -0.1) is 15.8 Å². The molecule has 0 aliphatic rings. The van der Waals surface area contributed by atoms with Crippen LogP contribution in [0.1, 0.15) is 0 Å². The van der Waals surface area contributed by atoms with E-state index in [9.17, 15) is 0 Å². The summed E-state index contributed by atoms with van der Waals surface area (Å²) in [6.45, 7) is 14.6. The first-order valence-electron chi connectivity index (χ1n) is 6.12. The highest BCUT2D eigenvalue weighted by Gasteiger charge is 2.40. The van der Waals surface area contributed by atoms with E-state index in [2.05, 4.69) is 89.5 Å². The van der Waals surface area contributed by atoms with Crippen LogP contribution in [0, 0.1) is 0 Å². The minimum atomic E-state index is -1.32. The Morgan fingerprint density at radius 3 is 1.65 bits per heavy atom. The number of hydrogen-bond donors (Lipinski definition) is 0. The summed E-state index contributed by atoms with van der Waals surface area (Å²) in [7, 11) is -2.64. The van der Waals surface area contributed by atoms with Gasteiger partial charge in [-0.3, -0.25) is 0 Å². The number of halogens is 1. The molecule has 0 heterocycles. The van der Waals surface area contributed by atoms with Gasteiger partial charge in [-0.2, -0.15) is 0 Å². The molecule has 0 aromatic heterocycles. The highest BCUT2D eigenvalue weighted by Crippen LogP contribution is 2.23. The largest absolute Gasteiger partial charge is 0.374 e. The molecule has 0 atom stereocenters. The highest BCUT2D eigenvalue weighted by atomic mass is 79.9. The zero-order chi connectivity index (χ0) is 13.3. The average Bonchev–Trinajstić information content (AvgIpc) is 2.14. The monoisotopic (exact) mass is 327 g/mol. The molecule has 94 valence electrons. The van der Waals surface area contributed by atoms with E-state index >= 15 is 0 Å². The summed E-state index contributed by atoms with van der Waals surface area (Å²) in [6, 6.07) is 10.8. The van der Waals surface area contributed by atoms with Gasteiger partial charge in [0.2, 0.25) is 0 Å². The molecule has 0 unspecified atom stereocenters. The van der Waals surface area contributed by atoms with Crippen LogP contribution in [-0.4, -0.2) is 26.3 Å². The predicted octanol–water partition coefficient (Wildman–Crippen LogP) is 3.75. The average molecular weight is 328 g/mol. The number of benzene rings is 1. The van der Waals surface area contributed by atoms with Gasteiger partial charge in [0.1, 0.15) is 16.5 Å². The zero-order valence-electron chi connectivity index (χ0n) is 11.8. The first kappa shape index (κ1) is 15.2. The fourth-order valence-corrected chi connectivity index (χ4v) is 16.1. The Hall–Kier alpha value is 0.159. The summed E-state index contributed by atoms with van der Waals surface area (Å²) < 4.78 is 2.77. The molecule has 0 fully saturated rings. The molecule has 1 aromatic carbocycles. The SMILES string of the molecule is C[Si](C)(C)N(B(Br)c1ccccc1)[Si](C)(C)C. The van der Waals surface area contributed by atoms with Gasteiger partial charge >= 0.3 is 5.67 Å². The number of nitrogens with zero attached hydrogens (tertiary/aromatic N) is 1. The maximum atomic E-state index is 3.92. The molecule has 1 rings (SSSR count). The Balaban J connectivity index is 3.09. The second kappa shape index (κ2) is 5.43. The fourth-order valence-electron chi connectivity index (χ4n) is 2.45. The van der Waals surface area contributed by atoms with Crippen LogP contribution in [-0.2, 0) is 0 Å². The summed E-state index contributed by atoms with van der Waals surface area (Å²) in [6.07, 6.45) is 0. The molecule has 0 bridgehead atoms. The predicted molar refractivity (Wildman–Crippen MR) is 89.3 cm³/mol. The van der Waals surface area contributed by atoms with Gasteiger partial charge < -0.3 is 4.14 Å². The van der Waals surface area contributed by atoms with Crippen LogP contribution in [0.5, 0.6) is 0 Å². The Kier molecular flexibility index (Phi) is 4.86. The molecule has 5 heteroatoms. The summed E-state index contributed by atoms with van der Waals surface area (Å²) in [5.74, 6) is 0. The van der Waals surface area contributed by atoms with Crippen molar-refractivity contribution in [3.8, 4) is 0 Å². The van der Waals surface area contributed by atoms with Crippen molar-refractivity contribution >= 4 is 43.4 Å². The van der Waals surface area contributed by atoms with Crippen molar-refractivity contribution in [1.29, 1.82) is 0 Å². The standard InChI is InChI=1S/C12H23BBrNSi2/c1-16(2,3)15(17(4,5)6)13(14)12-10-8-7-9-11-12/h7-11H,1-6H3. The lowest BCUT2D eigenvalue weighted by molar-refractivity contribution is 0.956. The van der Waals surface area contributed by atoms with E-state index < -0.39 is 16.5 Å². The molecule has 1 nitrogen and oxygen atoms in total. The van der Waals surface area contributed by atoms with E-state index in [0.717, 1.165) is 0 Å². The molecule has 0 saturated heterocycles. The maximum Gasteiger partial charge on any atom is 0.323 e. The lowest BCUT2D eigenvalue weighted by Crippen LogP contribution is -2.66. The first-order valence-corrected chi connectivity index (χ1v) is 13.9. The highest BCUT2D eigenvalue weighted by molar-refractivity contribution is 9.25. The smallest absolute Gasteiger partial charge is 0.323 e. The van der Waals surface area contributed by atoms with Crippen LogP contribution in [0.25, 0.3) is 0 Å². The van der Waals surface area contributed by atoms with E-state index in [1.165, 1.54) is 5.46 Å². The summed E-state index contributed by atoms with van der Waals surface area (Å²) in [4.78, 5) is 0. The van der Waals surface area contributed by atoms with E-state index in [4.69, 9.17) is 0 Å². The van der Waals surface area contributed by atoms with Gasteiger partial charge in [0.05, 0.1) is 0 Å². The van der Waals surface area contributed by atoms with Crippen LogP contribution in [0.2, 0.25) is 39.3 Å². The normalized spacial score (nSPS) is 12.9. The molecular weight excluding hydrogens is 305 g/mol. The topological polar surface area (TPSA) is 3.24 Å². The van der Waals surface area contributed by atoms with Gasteiger partial charge in [-0.05, 0) is 0 Å². The van der Waals surface area contributed by atoms with Crippen LogP contribution in [0.15, 0.2) is 30.3 Å². The van der Waals surface area contributed by atoms with Crippen molar-refractivity contribution in [1.82, 2.24) is 4.14 Å². The summed E-state index contributed by atoms with van der Waals surface area (Å²) >= 11 is 3.92. The molecule has 1 aromatic rings. The van der Waals surface area contributed by atoms with Crippen LogP contribution >= 0.6 is 15.8 Å². The van der Waals surface area contributed by atoms with Crippen LogP contribution < -0.4 is 5.46 Å². The molecule has 0 amide bonds. The molecule has 17 heavy (non-hydrogen) atoms. The van der Waals surface area contributed by atoms with E-state index in [-0.39, 0.29) is 0 Å². The van der Waals surface area contributed by atoms with Gasteiger partial charge in [-0.25, -0.2) is 0 Å². The molecule has 0 aliphatic carbocycles.